The molecule has 0 radical (unpaired) electrons. The zero-order valence-corrected chi connectivity index (χ0v) is 14.8. The normalized spacial score (nSPS) is 17.8. The molecular weight excluding hydrogens is 378 g/mol. The molecular formula is C19H17F4N3O2. The lowest BCUT2D eigenvalue weighted by atomic mass is 9.93. The van der Waals surface area contributed by atoms with E-state index in [9.17, 15) is 27.2 Å². The molecule has 0 unspecified atom stereocenters. The van der Waals surface area contributed by atoms with E-state index in [-0.39, 0.29) is 12.0 Å². The van der Waals surface area contributed by atoms with E-state index < -0.39 is 41.6 Å². The summed E-state index contributed by atoms with van der Waals surface area (Å²) in [6.45, 7) is 1.43. The van der Waals surface area contributed by atoms with Crippen molar-refractivity contribution < 1.29 is 27.2 Å². The second-order valence-electron chi connectivity index (χ2n) is 6.51. The first-order valence-electron chi connectivity index (χ1n) is 8.43. The van der Waals surface area contributed by atoms with Crippen LogP contribution in [0.4, 0.5) is 28.0 Å². The van der Waals surface area contributed by atoms with Crippen molar-refractivity contribution in [1.29, 1.82) is 0 Å². The molecule has 0 saturated heterocycles. The third-order valence-electron chi connectivity index (χ3n) is 4.69. The zero-order chi connectivity index (χ0) is 20.6. The van der Waals surface area contributed by atoms with Gasteiger partial charge in [-0.3, -0.25) is 4.79 Å². The number of hydrogen-bond donors (Lipinski definition) is 2. The van der Waals surface area contributed by atoms with E-state index >= 15 is 0 Å². The molecule has 28 heavy (non-hydrogen) atoms. The van der Waals surface area contributed by atoms with Crippen LogP contribution in [0.25, 0.3) is 0 Å². The Morgan fingerprint density at radius 3 is 2.57 bits per heavy atom. The molecule has 3 amide bonds. The van der Waals surface area contributed by atoms with Gasteiger partial charge >= 0.3 is 12.2 Å². The van der Waals surface area contributed by atoms with Gasteiger partial charge in [-0.05, 0) is 36.8 Å². The summed E-state index contributed by atoms with van der Waals surface area (Å²) in [6.07, 6.45) is -4.48. The molecule has 0 saturated carbocycles. The number of urea groups is 1. The highest BCUT2D eigenvalue weighted by molar-refractivity contribution is 6.02. The Hall–Kier alpha value is -3.10. The standard InChI is InChI=1S/C19H17F4N3O2/c1-10(13-9-12(19(21,22)23)6-7-14(13)20)26-16-5-3-2-4-11(16)8-15(17(26)27)25-18(24)28/h2-7,9-10,15H,8H2,1H3,(H3,24,25,28)/t10-,15+/m0/s1. The number of para-hydroxylation sites is 1. The number of primary amides is 1. The number of halogens is 4. The van der Waals surface area contributed by atoms with Crippen molar-refractivity contribution in [1.82, 2.24) is 5.32 Å². The van der Waals surface area contributed by atoms with Crippen LogP contribution in [0.5, 0.6) is 0 Å². The first-order chi connectivity index (χ1) is 13.1. The summed E-state index contributed by atoms with van der Waals surface area (Å²) >= 11 is 0. The molecule has 3 rings (SSSR count). The molecule has 2 aromatic carbocycles. The van der Waals surface area contributed by atoms with Crippen molar-refractivity contribution in [3.8, 4) is 0 Å². The van der Waals surface area contributed by atoms with Gasteiger partial charge in [0.05, 0.1) is 11.6 Å². The fourth-order valence-corrected chi connectivity index (χ4v) is 3.38. The lowest BCUT2D eigenvalue weighted by Gasteiger charge is -2.38. The maximum absolute atomic E-state index is 14.4. The number of nitrogens with zero attached hydrogens (tertiary/aromatic N) is 1. The van der Waals surface area contributed by atoms with Gasteiger partial charge in [0.15, 0.2) is 0 Å². The fourth-order valence-electron chi connectivity index (χ4n) is 3.38. The molecule has 3 N–H and O–H groups in total. The van der Waals surface area contributed by atoms with Gasteiger partial charge in [0.1, 0.15) is 11.9 Å². The van der Waals surface area contributed by atoms with Crippen molar-refractivity contribution in [2.45, 2.75) is 31.6 Å². The molecule has 0 aromatic heterocycles. The summed E-state index contributed by atoms with van der Waals surface area (Å²) in [5.74, 6) is -1.45. The van der Waals surface area contributed by atoms with E-state index in [0.717, 1.165) is 6.07 Å². The fraction of sp³-hybridized carbons (Fsp3) is 0.263. The first-order valence-corrected chi connectivity index (χ1v) is 8.43. The molecule has 0 spiro atoms. The summed E-state index contributed by atoms with van der Waals surface area (Å²) in [7, 11) is 0. The van der Waals surface area contributed by atoms with Crippen molar-refractivity contribution in [2.24, 2.45) is 5.73 Å². The van der Waals surface area contributed by atoms with Gasteiger partial charge in [-0.15, -0.1) is 0 Å². The van der Waals surface area contributed by atoms with Crippen LogP contribution in [0.1, 0.15) is 29.7 Å². The van der Waals surface area contributed by atoms with Gasteiger partial charge in [0, 0.05) is 17.7 Å². The zero-order valence-electron chi connectivity index (χ0n) is 14.8. The minimum atomic E-state index is -4.65. The molecule has 9 heteroatoms. The third-order valence-corrected chi connectivity index (χ3v) is 4.69. The predicted molar refractivity (Wildman–Crippen MR) is 94.0 cm³/mol. The number of amides is 3. The van der Waals surface area contributed by atoms with Gasteiger partial charge in [-0.2, -0.15) is 13.2 Å². The Labute approximate surface area is 158 Å². The van der Waals surface area contributed by atoms with Crippen molar-refractivity contribution in [3.05, 3.63) is 65.0 Å². The quantitative estimate of drug-likeness (QED) is 0.781. The number of benzene rings is 2. The number of hydrogen-bond acceptors (Lipinski definition) is 2. The van der Waals surface area contributed by atoms with Gasteiger partial charge in [-0.25, -0.2) is 9.18 Å². The molecule has 5 nitrogen and oxygen atoms in total. The number of nitrogens with two attached hydrogens (primary N) is 1. The van der Waals surface area contributed by atoms with Crippen molar-refractivity contribution in [3.63, 3.8) is 0 Å². The number of rotatable bonds is 3. The van der Waals surface area contributed by atoms with Crippen LogP contribution >= 0.6 is 0 Å². The maximum Gasteiger partial charge on any atom is 0.416 e. The van der Waals surface area contributed by atoms with E-state index in [4.69, 9.17) is 5.73 Å². The van der Waals surface area contributed by atoms with Crippen LogP contribution in [0.15, 0.2) is 42.5 Å². The molecule has 0 aliphatic carbocycles. The Kier molecular flexibility index (Phi) is 5.01. The maximum atomic E-state index is 14.4. The third kappa shape index (κ3) is 3.64. The second-order valence-corrected chi connectivity index (χ2v) is 6.51. The molecule has 0 bridgehead atoms. The first kappa shape index (κ1) is 19.7. The Morgan fingerprint density at radius 1 is 1.25 bits per heavy atom. The van der Waals surface area contributed by atoms with Gasteiger partial charge in [-0.1, -0.05) is 18.2 Å². The van der Waals surface area contributed by atoms with Gasteiger partial charge < -0.3 is 16.0 Å². The van der Waals surface area contributed by atoms with Gasteiger partial charge in [0.25, 0.3) is 5.91 Å². The number of carbonyl (C=O) groups excluding carboxylic acids is 2. The van der Waals surface area contributed by atoms with E-state index in [1.54, 1.807) is 24.3 Å². The Bertz CT molecular complexity index is 930. The molecule has 1 heterocycles. The van der Waals surface area contributed by atoms with Crippen LogP contribution < -0.4 is 16.0 Å². The summed E-state index contributed by atoms with van der Waals surface area (Å²) < 4.78 is 53.6. The van der Waals surface area contributed by atoms with Crippen LogP contribution in [0, 0.1) is 5.82 Å². The monoisotopic (exact) mass is 395 g/mol. The number of fused-ring (bicyclic) bond motifs is 1. The summed E-state index contributed by atoms with van der Waals surface area (Å²) in [5.41, 5.74) is 4.96. The molecule has 1 aliphatic rings. The second kappa shape index (κ2) is 7.14. The van der Waals surface area contributed by atoms with E-state index in [1.807, 2.05) is 0 Å². The molecule has 2 aromatic rings. The molecule has 1 aliphatic heterocycles. The SMILES string of the molecule is C[C@@H](c1cc(C(F)(F)F)ccc1F)N1C(=O)[C@H](NC(N)=O)Cc2ccccc21. The minimum absolute atomic E-state index is 0.173. The van der Waals surface area contributed by atoms with Crippen LogP contribution in [0.2, 0.25) is 0 Å². The molecule has 2 atom stereocenters. The topological polar surface area (TPSA) is 75.4 Å². The lowest BCUT2D eigenvalue weighted by Crippen LogP contribution is -2.54. The summed E-state index contributed by atoms with van der Waals surface area (Å²) in [4.78, 5) is 25.4. The lowest BCUT2D eigenvalue weighted by molar-refractivity contribution is -0.137. The highest BCUT2D eigenvalue weighted by Gasteiger charge is 2.38. The highest BCUT2D eigenvalue weighted by Crippen LogP contribution is 2.38. The number of alkyl halides is 3. The predicted octanol–water partition coefficient (Wildman–Crippen LogP) is 3.53. The number of nitrogens with one attached hydrogen (secondary N) is 1. The van der Waals surface area contributed by atoms with Crippen LogP contribution in [-0.4, -0.2) is 18.0 Å². The average Bonchev–Trinajstić information content (AvgIpc) is 2.61. The number of carbonyl (C=O) groups is 2. The Balaban J connectivity index is 2.08. The highest BCUT2D eigenvalue weighted by atomic mass is 19.4. The number of anilines is 1. The molecule has 148 valence electrons. The summed E-state index contributed by atoms with van der Waals surface area (Å²) in [6, 6.07) is 5.85. The largest absolute Gasteiger partial charge is 0.416 e. The van der Waals surface area contributed by atoms with E-state index in [2.05, 4.69) is 5.32 Å². The van der Waals surface area contributed by atoms with Crippen LogP contribution in [0.3, 0.4) is 0 Å². The van der Waals surface area contributed by atoms with Crippen LogP contribution in [-0.2, 0) is 17.4 Å². The van der Waals surface area contributed by atoms with Crippen molar-refractivity contribution in [2.75, 3.05) is 4.90 Å². The summed E-state index contributed by atoms with van der Waals surface area (Å²) in [5, 5.41) is 2.33. The van der Waals surface area contributed by atoms with E-state index in [0.29, 0.717) is 23.4 Å². The minimum Gasteiger partial charge on any atom is -0.352 e. The van der Waals surface area contributed by atoms with Crippen molar-refractivity contribution >= 4 is 17.6 Å². The Morgan fingerprint density at radius 2 is 1.93 bits per heavy atom. The van der Waals surface area contributed by atoms with E-state index in [1.165, 1.54) is 11.8 Å². The van der Waals surface area contributed by atoms with Gasteiger partial charge in [0.2, 0.25) is 0 Å². The molecule has 0 fully saturated rings. The average molecular weight is 395 g/mol. The smallest absolute Gasteiger partial charge is 0.352 e.